The minimum absolute atomic E-state index is 0.583. The van der Waals surface area contributed by atoms with Gasteiger partial charge in [0.25, 0.3) is 0 Å². The van der Waals surface area contributed by atoms with E-state index in [2.05, 4.69) is 30.9 Å². The van der Waals surface area contributed by atoms with E-state index in [1.807, 2.05) is 20.8 Å². The highest BCUT2D eigenvalue weighted by Gasteiger charge is 2.02. The van der Waals surface area contributed by atoms with Crippen LogP contribution in [0.15, 0.2) is 5.38 Å². The zero-order valence-electron chi connectivity index (χ0n) is 10.2. The molecule has 0 radical (unpaired) electrons. The summed E-state index contributed by atoms with van der Waals surface area (Å²) in [5.74, 6) is 0.583. The van der Waals surface area contributed by atoms with Crippen LogP contribution in [0.4, 0.5) is 5.95 Å². The molecule has 6 heteroatoms. The van der Waals surface area contributed by atoms with Gasteiger partial charge in [0.1, 0.15) is 0 Å². The molecule has 17 heavy (non-hydrogen) atoms. The summed E-state index contributed by atoms with van der Waals surface area (Å²) in [5.41, 5.74) is 2.88. The lowest BCUT2D eigenvalue weighted by Crippen LogP contribution is -2.10. The van der Waals surface area contributed by atoms with Crippen LogP contribution < -0.4 is 5.32 Å². The summed E-state index contributed by atoms with van der Waals surface area (Å²) in [6, 6.07) is 0. The molecule has 0 unspecified atom stereocenters. The number of aromatic nitrogens is 4. The van der Waals surface area contributed by atoms with Gasteiger partial charge in [0.2, 0.25) is 5.95 Å². The molecular formula is C11H15N5S. The highest BCUT2D eigenvalue weighted by atomic mass is 32.1. The van der Waals surface area contributed by atoms with E-state index < -0.39 is 0 Å². The Morgan fingerprint density at radius 3 is 2.59 bits per heavy atom. The summed E-state index contributed by atoms with van der Waals surface area (Å²) in [6.45, 7) is 6.61. The zero-order chi connectivity index (χ0) is 12.3. The van der Waals surface area contributed by atoms with Crippen molar-refractivity contribution in [3.05, 3.63) is 27.5 Å². The smallest absolute Gasteiger partial charge is 0.242 e. The van der Waals surface area contributed by atoms with Gasteiger partial charge < -0.3 is 5.32 Å². The second-order valence-electron chi connectivity index (χ2n) is 3.84. The summed E-state index contributed by atoms with van der Waals surface area (Å²) in [5, 5.41) is 14.3. The summed E-state index contributed by atoms with van der Waals surface area (Å²) in [6.07, 6.45) is 0.876. The standard InChI is InChI=1S/C11H15N5S/c1-7-8(2)15-16-11(13-7)12-5-4-10-6-17-9(3)14-10/h6H,4-5H2,1-3H3,(H,12,13,16). The average Bonchev–Trinajstić information content (AvgIpc) is 2.70. The number of aryl methyl sites for hydroxylation is 3. The molecule has 0 aliphatic rings. The third kappa shape index (κ3) is 3.20. The molecule has 2 aromatic heterocycles. The molecule has 0 aliphatic carbocycles. The van der Waals surface area contributed by atoms with Crippen molar-refractivity contribution in [3.8, 4) is 0 Å². The first-order valence-corrected chi connectivity index (χ1v) is 6.36. The predicted octanol–water partition coefficient (Wildman–Crippen LogP) is 1.91. The van der Waals surface area contributed by atoms with Crippen molar-refractivity contribution < 1.29 is 0 Å². The van der Waals surface area contributed by atoms with Gasteiger partial charge in [0.05, 0.1) is 22.1 Å². The molecule has 0 fully saturated rings. The molecule has 2 aromatic rings. The molecular weight excluding hydrogens is 234 g/mol. The highest BCUT2D eigenvalue weighted by Crippen LogP contribution is 2.08. The molecule has 0 aromatic carbocycles. The van der Waals surface area contributed by atoms with Gasteiger partial charge in [-0.25, -0.2) is 9.97 Å². The second kappa shape index (κ2) is 5.18. The number of rotatable bonds is 4. The topological polar surface area (TPSA) is 63.6 Å². The fraction of sp³-hybridized carbons (Fsp3) is 0.455. The van der Waals surface area contributed by atoms with Crippen LogP contribution in [-0.4, -0.2) is 26.7 Å². The van der Waals surface area contributed by atoms with Crippen LogP contribution in [0.3, 0.4) is 0 Å². The average molecular weight is 249 g/mol. The summed E-state index contributed by atoms with van der Waals surface area (Å²) < 4.78 is 0. The molecule has 0 spiro atoms. The molecule has 0 amide bonds. The van der Waals surface area contributed by atoms with Gasteiger partial charge in [-0.1, -0.05) is 0 Å². The van der Waals surface area contributed by atoms with Gasteiger partial charge in [0.15, 0.2) is 0 Å². The van der Waals surface area contributed by atoms with Gasteiger partial charge in [-0.15, -0.1) is 16.4 Å². The number of hydrogen-bond acceptors (Lipinski definition) is 6. The maximum Gasteiger partial charge on any atom is 0.242 e. The van der Waals surface area contributed by atoms with Crippen LogP contribution in [0.1, 0.15) is 22.1 Å². The van der Waals surface area contributed by atoms with Gasteiger partial charge >= 0.3 is 0 Å². The van der Waals surface area contributed by atoms with Crippen molar-refractivity contribution in [1.82, 2.24) is 20.2 Å². The molecule has 5 nitrogen and oxygen atoms in total. The summed E-state index contributed by atoms with van der Waals surface area (Å²) in [7, 11) is 0. The van der Waals surface area contributed by atoms with Crippen molar-refractivity contribution in [2.45, 2.75) is 27.2 Å². The quantitative estimate of drug-likeness (QED) is 0.896. The largest absolute Gasteiger partial charge is 0.353 e. The van der Waals surface area contributed by atoms with E-state index in [1.54, 1.807) is 11.3 Å². The van der Waals surface area contributed by atoms with Crippen LogP contribution in [-0.2, 0) is 6.42 Å². The predicted molar refractivity (Wildman–Crippen MR) is 68.3 cm³/mol. The Kier molecular flexibility index (Phi) is 3.63. The number of thiazole rings is 1. The van der Waals surface area contributed by atoms with Gasteiger partial charge in [-0.05, 0) is 20.8 Å². The van der Waals surface area contributed by atoms with Crippen molar-refractivity contribution in [1.29, 1.82) is 0 Å². The first-order chi connectivity index (χ1) is 8.15. The Bertz CT molecular complexity index is 508. The van der Waals surface area contributed by atoms with E-state index >= 15 is 0 Å². The Labute approximate surface area is 104 Å². The van der Waals surface area contributed by atoms with Gasteiger partial charge in [-0.3, -0.25) is 0 Å². The van der Waals surface area contributed by atoms with Crippen LogP contribution >= 0.6 is 11.3 Å². The van der Waals surface area contributed by atoms with E-state index in [4.69, 9.17) is 0 Å². The Morgan fingerprint density at radius 2 is 1.94 bits per heavy atom. The minimum Gasteiger partial charge on any atom is -0.353 e. The van der Waals surface area contributed by atoms with Crippen molar-refractivity contribution in [3.63, 3.8) is 0 Å². The summed E-state index contributed by atoms with van der Waals surface area (Å²) >= 11 is 1.67. The SMILES string of the molecule is Cc1nc(CCNc2nnc(C)c(C)n2)cs1. The Morgan fingerprint density at radius 1 is 1.12 bits per heavy atom. The number of nitrogens with one attached hydrogen (secondary N) is 1. The van der Waals surface area contributed by atoms with Crippen LogP contribution in [0.2, 0.25) is 0 Å². The monoisotopic (exact) mass is 249 g/mol. The number of nitrogens with zero attached hydrogens (tertiary/aromatic N) is 4. The number of hydrogen-bond donors (Lipinski definition) is 1. The van der Waals surface area contributed by atoms with Gasteiger partial charge in [0, 0.05) is 18.3 Å². The second-order valence-corrected chi connectivity index (χ2v) is 4.90. The molecule has 0 bridgehead atoms. The summed E-state index contributed by atoms with van der Waals surface area (Å²) in [4.78, 5) is 8.70. The molecule has 0 saturated heterocycles. The molecule has 0 saturated carbocycles. The fourth-order valence-corrected chi connectivity index (χ4v) is 2.00. The minimum atomic E-state index is 0.583. The van der Waals surface area contributed by atoms with Crippen LogP contribution in [0.5, 0.6) is 0 Å². The maximum absolute atomic E-state index is 4.40. The van der Waals surface area contributed by atoms with E-state index in [1.165, 1.54) is 0 Å². The van der Waals surface area contributed by atoms with Gasteiger partial charge in [-0.2, -0.15) is 5.10 Å². The molecule has 0 atom stereocenters. The van der Waals surface area contributed by atoms with E-state index in [0.717, 1.165) is 35.1 Å². The van der Waals surface area contributed by atoms with E-state index in [0.29, 0.717) is 5.95 Å². The normalized spacial score (nSPS) is 10.5. The van der Waals surface area contributed by atoms with Crippen molar-refractivity contribution in [2.24, 2.45) is 0 Å². The lowest BCUT2D eigenvalue weighted by molar-refractivity contribution is 0.872. The lowest BCUT2D eigenvalue weighted by Gasteiger charge is -2.04. The molecule has 2 rings (SSSR count). The third-order valence-electron chi connectivity index (χ3n) is 2.42. The molecule has 2 heterocycles. The molecule has 0 aliphatic heterocycles. The number of anilines is 1. The Hall–Kier alpha value is -1.56. The highest BCUT2D eigenvalue weighted by molar-refractivity contribution is 7.09. The first-order valence-electron chi connectivity index (χ1n) is 5.48. The molecule has 90 valence electrons. The zero-order valence-corrected chi connectivity index (χ0v) is 11.0. The fourth-order valence-electron chi connectivity index (χ4n) is 1.36. The Balaban J connectivity index is 1.87. The van der Waals surface area contributed by atoms with Crippen LogP contribution in [0.25, 0.3) is 0 Å². The lowest BCUT2D eigenvalue weighted by atomic mass is 10.3. The van der Waals surface area contributed by atoms with Crippen molar-refractivity contribution in [2.75, 3.05) is 11.9 Å². The van der Waals surface area contributed by atoms with Crippen molar-refractivity contribution >= 4 is 17.3 Å². The van der Waals surface area contributed by atoms with E-state index in [9.17, 15) is 0 Å². The van der Waals surface area contributed by atoms with E-state index in [-0.39, 0.29) is 0 Å². The van der Waals surface area contributed by atoms with Crippen LogP contribution in [0, 0.1) is 20.8 Å². The third-order valence-corrected chi connectivity index (χ3v) is 3.25. The maximum atomic E-state index is 4.40. The first kappa shape index (κ1) is 11.9. The molecule has 1 N–H and O–H groups in total.